The van der Waals surface area contributed by atoms with Crippen LogP contribution in [-0.2, 0) is 4.79 Å². The molecule has 0 radical (unpaired) electrons. The Morgan fingerprint density at radius 3 is 2.62 bits per heavy atom. The first-order valence-corrected chi connectivity index (χ1v) is 7.87. The van der Waals surface area contributed by atoms with Gasteiger partial charge in [0.1, 0.15) is 0 Å². The summed E-state index contributed by atoms with van der Waals surface area (Å²) in [6.07, 6.45) is 9.66. The molecule has 0 bridgehead atoms. The summed E-state index contributed by atoms with van der Waals surface area (Å²) < 4.78 is 0. The van der Waals surface area contributed by atoms with E-state index in [9.17, 15) is 4.79 Å². The van der Waals surface area contributed by atoms with Crippen LogP contribution in [0, 0.1) is 5.92 Å². The zero-order valence-electron chi connectivity index (χ0n) is 10.0. The smallest absolute Gasteiger partial charge is 0.220 e. The topological polar surface area (TPSA) is 29.1 Å². The Morgan fingerprint density at radius 1 is 1.12 bits per heavy atom. The maximum absolute atomic E-state index is 11.9. The number of amides is 1. The van der Waals surface area contributed by atoms with Crippen molar-refractivity contribution in [3.63, 3.8) is 0 Å². The van der Waals surface area contributed by atoms with Crippen molar-refractivity contribution in [2.45, 2.75) is 57.4 Å². The van der Waals surface area contributed by atoms with Crippen molar-refractivity contribution in [1.82, 2.24) is 5.32 Å². The first-order chi connectivity index (χ1) is 7.84. The predicted octanol–water partition coefficient (Wildman–Crippen LogP) is 2.97. The van der Waals surface area contributed by atoms with Crippen molar-refractivity contribution in [3.8, 4) is 0 Å². The lowest BCUT2D eigenvalue weighted by Crippen LogP contribution is -2.37. The molecule has 1 amide bonds. The zero-order chi connectivity index (χ0) is 11.2. The Bertz CT molecular complexity index is 198. The molecular weight excluding hydrogens is 218 g/mol. The van der Waals surface area contributed by atoms with Crippen molar-refractivity contribution in [2.24, 2.45) is 5.92 Å². The zero-order valence-corrected chi connectivity index (χ0v) is 10.9. The lowest BCUT2D eigenvalue weighted by atomic mass is 9.94. The third-order valence-electron chi connectivity index (χ3n) is 3.70. The highest BCUT2D eigenvalue weighted by Gasteiger charge is 2.20. The van der Waals surface area contributed by atoms with E-state index in [4.69, 9.17) is 0 Å². The Balaban J connectivity index is 1.66. The Morgan fingerprint density at radius 2 is 1.94 bits per heavy atom. The van der Waals surface area contributed by atoms with Gasteiger partial charge in [-0.3, -0.25) is 4.79 Å². The van der Waals surface area contributed by atoms with Crippen LogP contribution in [0.3, 0.4) is 0 Å². The van der Waals surface area contributed by atoms with Gasteiger partial charge in [-0.25, -0.2) is 0 Å². The lowest BCUT2D eigenvalue weighted by Gasteiger charge is -2.25. The first-order valence-electron chi connectivity index (χ1n) is 6.71. The summed E-state index contributed by atoms with van der Waals surface area (Å²) in [6.45, 7) is 0. The van der Waals surface area contributed by atoms with Gasteiger partial charge in [0.2, 0.25) is 5.91 Å². The molecule has 1 aliphatic carbocycles. The van der Waals surface area contributed by atoms with Crippen LogP contribution in [0.2, 0.25) is 0 Å². The van der Waals surface area contributed by atoms with E-state index in [0.717, 1.165) is 6.42 Å². The molecule has 16 heavy (non-hydrogen) atoms. The largest absolute Gasteiger partial charge is 0.353 e. The number of hydrogen-bond acceptors (Lipinski definition) is 2. The number of nitrogens with one attached hydrogen (secondary N) is 1. The second kappa shape index (κ2) is 6.53. The molecule has 0 aromatic rings. The number of hydrogen-bond donors (Lipinski definition) is 1. The van der Waals surface area contributed by atoms with Crippen LogP contribution in [0.5, 0.6) is 0 Å². The fourth-order valence-electron chi connectivity index (χ4n) is 2.76. The minimum absolute atomic E-state index is 0.305. The van der Waals surface area contributed by atoms with Gasteiger partial charge in [-0.2, -0.15) is 11.8 Å². The average molecular weight is 241 g/mol. The quantitative estimate of drug-likeness (QED) is 0.823. The Labute approximate surface area is 103 Å². The summed E-state index contributed by atoms with van der Waals surface area (Å²) in [4.78, 5) is 11.9. The maximum Gasteiger partial charge on any atom is 0.220 e. The van der Waals surface area contributed by atoms with E-state index >= 15 is 0 Å². The van der Waals surface area contributed by atoms with Crippen LogP contribution in [-0.4, -0.2) is 23.5 Å². The molecule has 0 aromatic carbocycles. The van der Waals surface area contributed by atoms with E-state index in [1.165, 1.54) is 56.5 Å². The van der Waals surface area contributed by atoms with Crippen molar-refractivity contribution < 1.29 is 4.79 Å². The molecule has 1 saturated carbocycles. The highest BCUT2D eigenvalue weighted by molar-refractivity contribution is 7.99. The third kappa shape index (κ3) is 4.00. The van der Waals surface area contributed by atoms with Crippen LogP contribution in [0.1, 0.15) is 51.4 Å². The van der Waals surface area contributed by atoms with E-state index in [2.05, 4.69) is 5.32 Å². The first kappa shape index (κ1) is 12.3. The molecule has 1 unspecified atom stereocenters. The van der Waals surface area contributed by atoms with Crippen LogP contribution >= 0.6 is 11.8 Å². The van der Waals surface area contributed by atoms with Crippen LogP contribution in [0.4, 0.5) is 0 Å². The van der Waals surface area contributed by atoms with E-state index in [1.54, 1.807) is 0 Å². The monoisotopic (exact) mass is 241 g/mol. The van der Waals surface area contributed by atoms with Gasteiger partial charge in [-0.05, 0) is 43.1 Å². The highest BCUT2D eigenvalue weighted by atomic mass is 32.2. The second-order valence-electron chi connectivity index (χ2n) is 5.19. The predicted molar refractivity (Wildman–Crippen MR) is 69.7 cm³/mol. The van der Waals surface area contributed by atoms with Gasteiger partial charge in [-0.1, -0.05) is 19.3 Å². The normalized spacial score (nSPS) is 27.6. The van der Waals surface area contributed by atoms with Crippen LogP contribution < -0.4 is 5.32 Å². The molecule has 2 fully saturated rings. The maximum atomic E-state index is 11.9. The van der Waals surface area contributed by atoms with Gasteiger partial charge in [0.15, 0.2) is 0 Å². The van der Waals surface area contributed by atoms with Gasteiger partial charge in [0, 0.05) is 12.5 Å². The van der Waals surface area contributed by atoms with Crippen molar-refractivity contribution >= 4 is 17.7 Å². The summed E-state index contributed by atoms with van der Waals surface area (Å²) in [7, 11) is 0. The van der Waals surface area contributed by atoms with E-state index in [0.29, 0.717) is 17.9 Å². The van der Waals surface area contributed by atoms with Gasteiger partial charge >= 0.3 is 0 Å². The molecule has 1 atom stereocenters. The summed E-state index contributed by atoms with van der Waals surface area (Å²) in [5.74, 6) is 3.43. The average Bonchev–Trinajstić information content (AvgIpc) is 2.31. The minimum atomic E-state index is 0.305. The standard InChI is InChI=1S/C13H23NOS/c15-13(9-11-5-4-8-16-10-11)14-12-6-2-1-3-7-12/h11-12H,1-10H2,(H,14,15). The van der Waals surface area contributed by atoms with Crippen molar-refractivity contribution in [1.29, 1.82) is 0 Å². The number of rotatable bonds is 3. The summed E-state index contributed by atoms with van der Waals surface area (Å²) in [6, 6.07) is 0.484. The molecule has 1 saturated heterocycles. The molecule has 1 heterocycles. The molecule has 2 rings (SSSR count). The molecule has 1 N–H and O–H groups in total. The van der Waals surface area contributed by atoms with Crippen molar-refractivity contribution in [3.05, 3.63) is 0 Å². The van der Waals surface area contributed by atoms with E-state index in [-0.39, 0.29) is 0 Å². The van der Waals surface area contributed by atoms with Gasteiger partial charge in [-0.15, -0.1) is 0 Å². The second-order valence-corrected chi connectivity index (χ2v) is 6.34. The van der Waals surface area contributed by atoms with Crippen molar-refractivity contribution in [2.75, 3.05) is 11.5 Å². The third-order valence-corrected chi connectivity index (χ3v) is 4.98. The molecule has 2 aliphatic rings. The fourth-order valence-corrected chi connectivity index (χ4v) is 3.92. The Kier molecular flexibility index (Phi) is 5.01. The Hall–Kier alpha value is -0.180. The minimum Gasteiger partial charge on any atom is -0.353 e. The van der Waals surface area contributed by atoms with E-state index < -0.39 is 0 Å². The van der Waals surface area contributed by atoms with E-state index in [1.807, 2.05) is 11.8 Å². The molecule has 0 aromatic heterocycles. The van der Waals surface area contributed by atoms with Crippen LogP contribution in [0.15, 0.2) is 0 Å². The lowest BCUT2D eigenvalue weighted by molar-refractivity contribution is -0.122. The molecule has 92 valence electrons. The molecular formula is C13H23NOS. The number of carbonyl (C=O) groups is 1. The fraction of sp³-hybridized carbons (Fsp3) is 0.923. The van der Waals surface area contributed by atoms with Gasteiger partial charge in [0.05, 0.1) is 0 Å². The number of carbonyl (C=O) groups excluding carboxylic acids is 1. The highest BCUT2D eigenvalue weighted by Crippen LogP contribution is 2.25. The molecule has 1 aliphatic heterocycles. The summed E-state index contributed by atoms with van der Waals surface area (Å²) in [5.41, 5.74) is 0. The van der Waals surface area contributed by atoms with Gasteiger partial charge < -0.3 is 5.32 Å². The van der Waals surface area contributed by atoms with Crippen LogP contribution in [0.25, 0.3) is 0 Å². The SMILES string of the molecule is O=C(CC1CCCSC1)NC1CCCCC1. The number of thioether (sulfide) groups is 1. The molecule has 2 nitrogen and oxygen atoms in total. The molecule has 0 spiro atoms. The van der Waals surface area contributed by atoms with Gasteiger partial charge in [0.25, 0.3) is 0 Å². The molecule has 3 heteroatoms. The summed E-state index contributed by atoms with van der Waals surface area (Å²) in [5, 5.41) is 3.22. The summed E-state index contributed by atoms with van der Waals surface area (Å²) >= 11 is 2.01.